The normalized spacial score (nSPS) is 10.8. The molecular formula is C14H13ClF2N2S. The standard InChI is InChI=1S/C14H13ClF2N2S/c1-2-18-8-9-6-11(16)13(12(17)7-9)20-14-10(15)4-3-5-19-14/h3-7,18H,2,8H2,1H3. The Balaban J connectivity index is 2.27. The molecule has 1 heterocycles. The van der Waals surface area contributed by atoms with E-state index in [9.17, 15) is 8.78 Å². The third-order valence-corrected chi connectivity index (χ3v) is 4.09. The fraction of sp³-hybridized carbons (Fsp3) is 0.214. The van der Waals surface area contributed by atoms with Crippen molar-refractivity contribution < 1.29 is 8.78 Å². The van der Waals surface area contributed by atoms with E-state index >= 15 is 0 Å². The minimum absolute atomic E-state index is 0.0918. The van der Waals surface area contributed by atoms with Crippen LogP contribution in [0.4, 0.5) is 8.78 Å². The second-order valence-electron chi connectivity index (χ2n) is 4.06. The largest absolute Gasteiger partial charge is 0.313 e. The van der Waals surface area contributed by atoms with Gasteiger partial charge in [-0.25, -0.2) is 13.8 Å². The first-order valence-electron chi connectivity index (χ1n) is 6.08. The van der Waals surface area contributed by atoms with Crippen LogP contribution in [-0.2, 0) is 6.54 Å². The van der Waals surface area contributed by atoms with Crippen LogP contribution < -0.4 is 5.32 Å². The molecule has 0 fully saturated rings. The second-order valence-corrected chi connectivity index (χ2v) is 5.47. The van der Waals surface area contributed by atoms with Crippen LogP contribution in [0.5, 0.6) is 0 Å². The van der Waals surface area contributed by atoms with Gasteiger partial charge in [0.2, 0.25) is 0 Å². The molecule has 0 spiro atoms. The first kappa shape index (κ1) is 15.2. The molecule has 2 nitrogen and oxygen atoms in total. The molecule has 0 saturated heterocycles. The van der Waals surface area contributed by atoms with Gasteiger partial charge in [0.1, 0.15) is 16.7 Å². The van der Waals surface area contributed by atoms with Gasteiger partial charge in [-0.15, -0.1) is 0 Å². The molecule has 0 aliphatic rings. The topological polar surface area (TPSA) is 24.9 Å². The highest BCUT2D eigenvalue weighted by molar-refractivity contribution is 7.99. The number of halogens is 3. The van der Waals surface area contributed by atoms with Crippen molar-refractivity contribution in [2.24, 2.45) is 0 Å². The van der Waals surface area contributed by atoms with Gasteiger partial charge in [0.15, 0.2) is 0 Å². The first-order chi connectivity index (χ1) is 9.61. The summed E-state index contributed by atoms with van der Waals surface area (Å²) < 4.78 is 28.0. The average Bonchev–Trinajstić information content (AvgIpc) is 2.42. The van der Waals surface area contributed by atoms with Gasteiger partial charge in [0.05, 0.1) is 9.92 Å². The highest BCUT2D eigenvalue weighted by Gasteiger charge is 2.14. The molecule has 2 rings (SSSR count). The molecule has 2 aromatic rings. The highest BCUT2D eigenvalue weighted by atomic mass is 35.5. The summed E-state index contributed by atoms with van der Waals surface area (Å²) >= 11 is 6.83. The molecule has 0 amide bonds. The van der Waals surface area contributed by atoms with Gasteiger partial charge in [-0.2, -0.15) is 0 Å². The zero-order chi connectivity index (χ0) is 14.5. The molecule has 20 heavy (non-hydrogen) atoms. The van der Waals surface area contributed by atoms with Crippen molar-refractivity contribution in [1.82, 2.24) is 10.3 Å². The lowest BCUT2D eigenvalue weighted by Crippen LogP contribution is -2.12. The third kappa shape index (κ3) is 3.69. The van der Waals surface area contributed by atoms with E-state index in [0.717, 1.165) is 18.3 Å². The van der Waals surface area contributed by atoms with Crippen LogP contribution in [0.3, 0.4) is 0 Å². The number of nitrogens with one attached hydrogen (secondary N) is 1. The number of benzene rings is 1. The summed E-state index contributed by atoms with van der Waals surface area (Å²) in [6, 6.07) is 5.95. The SMILES string of the molecule is CCNCc1cc(F)c(Sc2ncccc2Cl)c(F)c1. The maximum absolute atomic E-state index is 14.0. The van der Waals surface area contributed by atoms with Crippen molar-refractivity contribution in [3.05, 3.63) is 52.7 Å². The summed E-state index contributed by atoms with van der Waals surface area (Å²) in [6.45, 7) is 3.10. The van der Waals surface area contributed by atoms with E-state index in [2.05, 4.69) is 10.3 Å². The average molecular weight is 315 g/mol. The van der Waals surface area contributed by atoms with E-state index < -0.39 is 11.6 Å². The minimum atomic E-state index is -0.607. The lowest BCUT2D eigenvalue weighted by atomic mass is 10.2. The van der Waals surface area contributed by atoms with E-state index in [-0.39, 0.29) is 4.90 Å². The Bertz CT molecular complexity index is 584. The molecule has 106 valence electrons. The molecule has 0 radical (unpaired) electrons. The van der Waals surface area contributed by atoms with Crippen molar-refractivity contribution in [2.75, 3.05) is 6.54 Å². The molecule has 1 aromatic carbocycles. The number of hydrogen-bond donors (Lipinski definition) is 1. The van der Waals surface area contributed by atoms with Crippen LogP contribution >= 0.6 is 23.4 Å². The maximum Gasteiger partial charge on any atom is 0.140 e. The summed E-state index contributed by atoms with van der Waals surface area (Å²) in [4.78, 5) is 3.92. The van der Waals surface area contributed by atoms with E-state index in [1.807, 2.05) is 6.92 Å². The molecule has 0 aliphatic carbocycles. The molecular weight excluding hydrogens is 302 g/mol. The van der Waals surface area contributed by atoms with Crippen molar-refractivity contribution in [3.63, 3.8) is 0 Å². The van der Waals surface area contributed by atoms with Gasteiger partial charge in [-0.3, -0.25) is 0 Å². The predicted octanol–water partition coefficient (Wildman–Crippen LogP) is 4.27. The Kier molecular flexibility index (Phi) is 5.34. The predicted molar refractivity (Wildman–Crippen MR) is 77.1 cm³/mol. The molecule has 0 unspecified atom stereocenters. The lowest BCUT2D eigenvalue weighted by molar-refractivity contribution is 0.535. The maximum atomic E-state index is 14.0. The highest BCUT2D eigenvalue weighted by Crippen LogP contribution is 2.35. The molecule has 0 atom stereocenters. The molecule has 0 bridgehead atoms. The van der Waals surface area contributed by atoms with Crippen molar-refractivity contribution in [3.8, 4) is 0 Å². The molecule has 1 aromatic heterocycles. The summed E-state index contributed by atoms with van der Waals surface area (Å²) in [6.07, 6.45) is 1.53. The van der Waals surface area contributed by atoms with E-state index in [1.165, 1.54) is 18.3 Å². The molecule has 0 saturated carbocycles. The summed E-state index contributed by atoms with van der Waals surface area (Å²) in [7, 11) is 0. The van der Waals surface area contributed by atoms with Gasteiger partial charge < -0.3 is 5.32 Å². The van der Waals surface area contributed by atoms with E-state index in [4.69, 9.17) is 11.6 Å². The van der Waals surface area contributed by atoms with Crippen LogP contribution in [0.25, 0.3) is 0 Å². The third-order valence-electron chi connectivity index (χ3n) is 2.56. The molecule has 1 N–H and O–H groups in total. The van der Waals surface area contributed by atoms with Crippen LogP contribution in [0.1, 0.15) is 12.5 Å². The smallest absolute Gasteiger partial charge is 0.140 e. The zero-order valence-corrected chi connectivity index (χ0v) is 12.4. The van der Waals surface area contributed by atoms with Crippen LogP contribution in [-0.4, -0.2) is 11.5 Å². The van der Waals surface area contributed by atoms with Crippen LogP contribution in [0.2, 0.25) is 5.02 Å². The molecule has 6 heteroatoms. The van der Waals surface area contributed by atoms with Crippen molar-refractivity contribution >= 4 is 23.4 Å². The van der Waals surface area contributed by atoms with E-state index in [1.54, 1.807) is 12.1 Å². The van der Waals surface area contributed by atoms with Crippen LogP contribution in [0.15, 0.2) is 40.4 Å². The fourth-order valence-electron chi connectivity index (χ4n) is 1.62. The first-order valence-corrected chi connectivity index (χ1v) is 7.28. The fourth-order valence-corrected chi connectivity index (χ4v) is 2.65. The van der Waals surface area contributed by atoms with E-state index in [0.29, 0.717) is 22.2 Å². The number of aromatic nitrogens is 1. The Hall–Kier alpha value is -1.17. The summed E-state index contributed by atoms with van der Waals surface area (Å²) in [5.74, 6) is -1.21. The van der Waals surface area contributed by atoms with Crippen molar-refractivity contribution in [2.45, 2.75) is 23.4 Å². The minimum Gasteiger partial charge on any atom is -0.313 e. The van der Waals surface area contributed by atoms with Gasteiger partial charge in [0, 0.05) is 12.7 Å². The van der Waals surface area contributed by atoms with Crippen LogP contribution in [0, 0.1) is 11.6 Å². The Morgan fingerprint density at radius 2 is 2.00 bits per heavy atom. The number of nitrogens with zero attached hydrogens (tertiary/aromatic N) is 1. The number of rotatable bonds is 5. The quantitative estimate of drug-likeness (QED) is 0.892. The molecule has 0 aliphatic heterocycles. The summed E-state index contributed by atoms with van der Waals surface area (Å²) in [5, 5.41) is 3.77. The summed E-state index contributed by atoms with van der Waals surface area (Å²) in [5.41, 5.74) is 0.568. The number of pyridine rings is 1. The Labute approximate surface area is 125 Å². The van der Waals surface area contributed by atoms with Gasteiger partial charge in [-0.1, -0.05) is 30.3 Å². The zero-order valence-electron chi connectivity index (χ0n) is 10.8. The van der Waals surface area contributed by atoms with Crippen molar-refractivity contribution in [1.29, 1.82) is 0 Å². The number of hydrogen-bond acceptors (Lipinski definition) is 3. The van der Waals surface area contributed by atoms with Gasteiger partial charge in [0.25, 0.3) is 0 Å². The lowest BCUT2D eigenvalue weighted by Gasteiger charge is -2.08. The Morgan fingerprint density at radius 1 is 1.30 bits per heavy atom. The monoisotopic (exact) mass is 314 g/mol. The van der Waals surface area contributed by atoms with Gasteiger partial charge in [-0.05, 0) is 36.4 Å². The van der Waals surface area contributed by atoms with Gasteiger partial charge >= 0.3 is 0 Å². The second kappa shape index (κ2) is 7.02. The Morgan fingerprint density at radius 3 is 2.60 bits per heavy atom.